The first-order valence-corrected chi connectivity index (χ1v) is 9.09. The average Bonchev–Trinajstić information content (AvgIpc) is 2.74. The number of carboxylic acid groups (broad SMARTS) is 1. The number of nitrogens with zero attached hydrogens (tertiary/aromatic N) is 1. The van der Waals surface area contributed by atoms with Crippen molar-refractivity contribution in [3.63, 3.8) is 0 Å². The van der Waals surface area contributed by atoms with Gasteiger partial charge in [0.1, 0.15) is 17.4 Å². The maximum atomic E-state index is 13.5. The van der Waals surface area contributed by atoms with Crippen LogP contribution in [0.5, 0.6) is 11.5 Å². The second-order valence-corrected chi connectivity index (χ2v) is 6.82. The Kier molecular flexibility index (Phi) is 4.68. The van der Waals surface area contributed by atoms with Crippen LogP contribution in [-0.4, -0.2) is 29.2 Å². The molecule has 1 aliphatic rings. The molecule has 29 heavy (non-hydrogen) atoms. The van der Waals surface area contributed by atoms with E-state index >= 15 is 0 Å². The van der Waals surface area contributed by atoms with Crippen molar-refractivity contribution < 1.29 is 24.5 Å². The van der Waals surface area contributed by atoms with Gasteiger partial charge in [-0.15, -0.1) is 0 Å². The molecule has 0 saturated carbocycles. The number of methoxy groups -OCH3 is 1. The number of anilines is 1. The van der Waals surface area contributed by atoms with Gasteiger partial charge in [-0.05, 0) is 47.5 Å². The van der Waals surface area contributed by atoms with Gasteiger partial charge in [-0.3, -0.25) is 14.5 Å². The summed E-state index contributed by atoms with van der Waals surface area (Å²) in [7, 11) is 1.49. The van der Waals surface area contributed by atoms with E-state index in [0.29, 0.717) is 22.6 Å². The molecular weight excluding hydrogens is 370 g/mol. The molecule has 1 aliphatic heterocycles. The molecule has 1 heterocycles. The Morgan fingerprint density at radius 2 is 1.69 bits per heavy atom. The van der Waals surface area contributed by atoms with Gasteiger partial charge >= 0.3 is 5.97 Å². The number of amides is 1. The van der Waals surface area contributed by atoms with E-state index in [2.05, 4.69) is 0 Å². The Morgan fingerprint density at radius 1 is 1.00 bits per heavy atom. The Bertz CT molecular complexity index is 1060. The summed E-state index contributed by atoms with van der Waals surface area (Å²) in [6, 6.07) is 19.4. The average molecular weight is 389 g/mol. The molecule has 3 aromatic rings. The quantitative estimate of drug-likeness (QED) is 0.705. The van der Waals surface area contributed by atoms with Crippen LogP contribution in [0, 0.1) is 0 Å². The summed E-state index contributed by atoms with van der Waals surface area (Å²) in [5.74, 6) is -1.78. The van der Waals surface area contributed by atoms with Crippen LogP contribution in [0.15, 0.2) is 72.8 Å². The number of benzene rings is 3. The molecule has 0 aliphatic carbocycles. The Morgan fingerprint density at radius 3 is 2.31 bits per heavy atom. The normalized spacial score (nSPS) is 18.2. The van der Waals surface area contributed by atoms with Gasteiger partial charge in [-0.2, -0.15) is 0 Å². The number of carbonyl (C=O) groups excluding carboxylic acids is 1. The third kappa shape index (κ3) is 3.18. The second kappa shape index (κ2) is 7.31. The first kappa shape index (κ1) is 18.6. The fourth-order valence-corrected chi connectivity index (χ4v) is 3.84. The molecule has 0 radical (unpaired) electrons. The van der Waals surface area contributed by atoms with E-state index in [-0.39, 0.29) is 17.2 Å². The third-order valence-corrected chi connectivity index (χ3v) is 5.17. The van der Waals surface area contributed by atoms with Crippen LogP contribution in [-0.2, 0) is 4.79 Å². The molecule has 2 atom stereocenters. The Hall–Kier alpha value is -3.80. The molecule has 0 spiro atoms. The van der Waals surface area contributed by atoms with E-state index in [4.69, 9.17) is 4.74 Å². The van der Waals surface area contributed by atoms with E-state index in [1.807, 2.05) is 30.3 Å². The number of aliphatic carboxylic acids is 1. The molecule has 0 saturated heterocycles. The SMILES string of the molecule is COc1ccc2c(c1)C(=O)N(c1ccc(O)cc1)[C@@H](c1ccccc1)[C@H]2C(=O)O. The number of hydrogen-bond donors (Lipinski definition) is 2. The number of ether oxygens (including phenoxy) is 1. The summed E-state index contributed by atoms with van der Waals surface area (Å²) >= 11 is 0. The van der Waals surface area contributed by atoms with Crippen LogP contribution >= 0.6 is 0 Å². The number of carbonyl (C=O) groups is 2. The van der Waals surface area contributed by atoms with E-state index < -0.39 is 17.9 Å². The van der Waals surface area contributed by atoms with Crippen LogP contribution in [0.3, 0.4) is 0 Å². The highest BCUT2D eigenvalue weighted by Gasteiger charge is 2.45. The van der Waals surface area contributed by atoms with Crippen molar-refractivity contribution in [2.45, 2.75) is 12.0 Å². The molecule has 6 heteroatoms. The number of phenols is 1. The largest absolute Gasteiger partial charge is 0.508 e. The Labute approximate surface area is 167 Å². The predicted octanol–water partition coefficient (Wildman–Crippen LogP) is 3.97. The van der Waals surface area contributed by atoms with Gasteiger partial charge in [-0.1, -0.05) is 36.4 Å². The van der Waals surface area contributed by atoms with E-state index in [9.17, 15) is 19.8 Å². The highest BCUT2D eigenvalue weighted by Crippen LogP contribution is 2.45. The van der Waals surface area contributed by atoms with Crippen molar-refractivity contribution >= 4 is 17.6 Å². The van der Waals surface area contributed by atoms with Gasteiger partial charge in [-0.25, -0.2) is 0 Å². The minimum Gasteiger partial charge on any atom is -0.508 e. The van der Waals surface area contributed by atoms with Crippen molar-refractivity contribution in [1.82, 2.24) is 0 Å². The van der Waals surface area contributed by atoms with Crippen LogP contribution in [0.1, 0.15) is 33.4 Å². The molecule has 0 aromatic heterocycles. The molecule has 0 unspecified atom stereocenters. The third-order valence-electron chi connectivity index (χ3n) is 5.17. The van der Waals surface area contributed by atoms with E-state index in [0.717, 1.165) is 0 Å². The lowest BCUT2D eigenvalue weighted by Crippen LogP contribution is -2.45. The summed E-state index contributed by atoms with van der Waals surface area (Å²) in [6.45, 7) is 0. The monoisotopic (exact) mass is 389 g/mol. The summed E-state index contributed by atoms with van der Waals surface area (Å²) in [6.07, 6.45) is 0. The molecular formula is C23H19NO5. The molecule has 0 fully saturated rings. The molecule has 0 bridgehead atoms. The molecule has 1 amide bonds. The Balaban J connectivity index is 1.98. The zero-order valence-corrected chi connectivity index (χ0v) is 15.6. The first-order chi connectivity index (χ1) is 14.0. The lowest BCUT2D eigenvalue weighted by atomic mass is 9.79. The van der Waals surface area contributed by atoms with Gasteiger partial charge < -0.3 is 14.9 Å². The van der Waals surface area contributed by atoms with Crippen LogP contribution in [0.4, 0.5) is 5.69 Å². The summed E-state index contributed by atoms with van der Waals surface area (Å²) in [5.41, 5.74) is 1.95. The maximum Gasteiger partial charge on any atom is 0.313 e. The fourth-order valence-electron chi connectivity index (χ4n) is 3.84. The highest BCUT2D eigenvalue weighted by atomic mass is 16.5. The number of phenolic OH excluding ortho intramolecular Hbond substituents is 1. The number of rotatable bonds is 4. The van der Waals surface area contributed by atoms with Gasteiger partial charge in [0.2, 0.25) is 0 Å². The zero-order valence-electron chi connectivity index (χ0n) is 15.6. The molecule has 4 rings (SSSR count). The van der Waals surface area contributed by atoms with Crippen molar-refractivity contribution in [3.8, 4) is 11.5 Å². The van der Waals surface area contributed by atoms with Crippen LogP contribution in [0.2, 0.25) is 0 Å². The smallest absolute Gasteiger partial charge is 0.313 e. The topological polar surface area (TPSA) is 87.1 Å². The maximum absolute atomic E-state index is 13.5. The number of fused-ring (bicyclic) bond motifs is 1. The number of aromatic hydroxyl groups is 1. The predicted molar refractivity (Wildman–Crippen MR) is 107 cm³/mol. The minimum atomic E-state index is -1.03. The highest BCUT2D eigenvalue weighted by molar-refractivity contribution is 6.11. The second-order valence-electron chi connectivity index (χ2n) is 6.82. The van der Waals surface area contributed by atoms with Gasteiger partial charge in [0, 0.05) is 11.3 Å². The fraction of sp³-hybridized carbons (Fsp3) is 0.130. The summed E-state index contributed by atoms with van der Waals surface area (Å²) in [4.78, 5) is 27.4. The molecule has 3 aromatic carbocycles. The number of carboxylic acids is 1. The minimum absolute atomic E-state index is 0.0614. The van der Waals surface area contributed by atoms with E-state index in [1.165, 1.54) is 24.1 Å². The first-order valence-electron chi connectivity index (χ1n) is 9.09. The van der Waals surface area contributed by atoms with Gasteiger partial charge in [0.05, 0.1) is 13.2 Å². The lowest BCUT2D eigenvalue weighted by molar-refractivity contribution is -0.139. The zero-order chi connectivity index (χ0) is 20.5. The van der Waals surface area contributed by atoms with Gasteiger partial charge in [0.25, 0.3) is 5.91 Å². The van der Waals surface area contributed by atoms with Crippen LogP contribution in [0.25, 0.3) is 0 Å². The molecule has 2 N–H and O–H groups in total. The van der Waals surface area contributed by atoms with Crippen molar-refractivity contribution in [2.75, 3.05) is 12.0 Å². The number of hydrogen-bond acceptors (Lipinski definition) is 4. The summed E-state index contributed by atoms with van der Waals surface area (Å²) < 4.78 is 5.24. The van der Waals surface area contributed by atoms with Crippen molar-refractivity contribution in [1.29, 1.82) is 0 Å². The standard InChI is InChI=1S/C23H19NO5/c1-29-17-11-12-18-19(13-17)22(26)24(15-7-9-16(25)10-8-15)21(20(18)23(27)28)14-5-3-2-4-6-14/h2-13,20-21,25H,1H3,(H,27,28)/t20-,21-/m0/s1. The van der Waals surface area contributed by atoms with Crippen molar-refractivity contribution in [2.24, 2.45) is 0 Å². The summed E-state index contributed by atoms with van der Waals surface area (Å²) in [5, 5.41) is 19.8. The van der Waals surface area contributed by atoms with Gasteiger partial charge in [0.15, 0.2) is 0 Å². The van der Waals surface area contributed by atoms with E-state index in [1.54, 1.807) is 30.3 Å². The lowest BCUT2D eigenvalue weighted by Gasteiger charge is -2.41. The van der Waals surface area contributed by atoms with Crippen LogP contribution < -0.4 is 9.64 Å². The van der Waals surface area contributed by atoms with Crippen molar-refractivity contribution in [3.05, 3.63) is 89.5 Å². The molecule has 6 nitrogen and oxygen atoms in total. The molecule has 146 valence electrons.